The van der Waals surface area contributed by atoms with Crippen molar-refractivity contribution in [2.24, 2.45) is 4.99 Å². The van der Waals surface area contributed by atoms with Crippen LogP contribution < -0.4 is 0 Å². The summed E-state index contributed by atoms with van der Waals surface area (Å²) in [6.45, 7) is 3.68. The second-order valence-corrected chi connectivity index (χ2v) is 5.89. The zero-order valence-electron chi connectivity index (χ0n) is 14.2. The summed E-state index contributed by atoms with van der Waals surface area (Å²) < 4.78 is 0. The molecule has 0 unspecified atom stereocenters. The molecule has 126 valence electrons. The highest BCUT2D eigenvalue weighted by Crippen LogP contribution is 2.36. The Kier molecular flexibility index (Phi) is 3.63. The molecular weight excluding hydrogens is 328 g/mol. The summed E-state index contributed by atoms with van der Waals surface area (Å²) in [5.41, 5.74) is 4.30. The zero-order valence-corrected chi connectivity index (χ0v) is 14.2. The third-order valence-corrected chi connectivity index (χ3v) is 4.09. The number of carbonyl (C=O) groups is 1. The summed E-state index contributed by atoms with van der Waals surface area (Å²) in [5, 5.41) is 10.4. The molecule has 6 nitrogen and oxygen atoms in total. The van der Waals surface area contributed by atoms with Crippen LogP contribution >= 0.6 is 0 Å². The number of hydrogen-bond acceptors (Lipinski definition) is 4. The monoisotopic (exact) mass is 342 g/mol. The summed E-state index contributed by atoms with van der Waals surface area (Å²) in [6, 6.07) is 7.22. The highest BCUT2D eigenvalue weighted by atomic mass is 16.3. The van der Waals surface area contributed by atoms with Crippen molar-refractivity contribution in [1.29, 1.82) is 0 Å². The Morgan fingerprint density at radius 1 is 1.04 bits per heavy atom. The molecule has 0 radical (unpaired) electrons. The number of H-pyrrole nitrogens is 1. The van der Waals surface area contributed by atoms with Crippen molar-refractivity contribution in [3.63, 3.8) is 0 Å². The smallest absolute Gasteiger partial charge is 0.280 e. The predicted octanol–water partition coefficient (Wildman–Crippen LogP) is 2.85. The molecule has 0 aromatic carbocycles. The molecule has 26 heavy (non-hydrogen) atoms. The first-order valence-corrected chi connectivity index (χ1v) is 7.99. The van der Waals surface area contributed by atoms with Gasteiger partial charge in [-0.05, 0) is 37.6 Å². The predicted molar refractivity (Wildman–Crippen MR) is 97.2 cm³/mol. The Morgan fingerprint density at radius 2 is 1.81 bits per heavy atom. The summed E-state index contributed by atoms with van der Waals surface area (Å²) in [5.74, 6) is 5.16. The van der Waals surface area contributed by atoms with Gasteiger partial charge in [0.25, 0.3) is 5.91 Å². The van der Waals surface area contributed by atoms with E-state index in [4.69, 9.17) is 0 Å². The lowest BCUT2D eigenvalue weighted by Gasteiger charge is -2.00. The van der Waals surface area contributed by atoms with Crippen LogP contribution in [0.3, 0.4) is 0 Å². The number of amides is 1. The van der Waals surface area contributed by atoms with Crippen molar-refractivity contribution >= 4 is 11.6 Å². The molecule has 6 heteroatoms. The minimum Gasteiger partial charge on any atom is -0.494 e. The van der Waals surface area contributed by atoms with Crippen LogP contribution in [0.2, 0.25) is 0 Å². The van der Waals surface area contributed by atoms with Crippen molar-refractivity contribution in [3.05, 3.63) is 64.6 Å². The van der Waals surface area contributed by atoms with Crippen LogP contribution in [0.4, 0.5) is 0 Å². The second-order valence-electron chi connectivity index (χ2n) is 5.89. The Labute approximate surface area is 149 Å². The number of pyridine rings is 2. The van der Waals surface area contributed by atoms with Crippen LogP contribution in [0.25, 0.3) is 11.4 Å². The van der Waals surface area contributed by atoms with Gasteiger partial charge in [0, 0.05) is 18.0 Å². The topological polar surface area (TPSA) is 91.2 Å². The maximum atomic E-state index is 12.5. The van der Waals surface area contributed by atoms with E-state index in [9.17, 15) is 9.90 Å². The van der Waals surface area contributed by atoms with E-state index in [1.54, 1.807) is 37.5 Å². The van der Waals surface area contributed by atoms with E-state index >= 15 is 0 Å². The highest BCUT2D eigenvalue weighted by molar-refractivity contribution is 6.29. The molecule has 4 rings (SSSR count). The fourth-order valence-corrected chi connectivity index (χ4v) is 2.89. The number of carbonyl (C=O) groups excluding carboxylic acids is 1. The maximum Gasteiger partial charge on any atom is 0.280 e. The van der Waals surface area contributed by atoms with Crippen LogP contribution in [-0.4, -0.2) is 31.7 Å². The molecule has 0 fully saturated rings. The summed E-state index contributed by atoms with van der Waals surface area (Å²) in [6.07, 6.45) is 3.32. The summed E-state index contributed by atoms with van der Waals surface area (Å²) in [4.78, 5) is 28.1. The van der Waals surface area contributed by atoms with Gasteiger partial charge in [0.05, 0.1) is 28.2 Å². The molecule has 0 atom stereocenters. The number of hydrogen-bond donors (Lipinski definition) is 2. The second kappa shape index (κ2) is 5.97. The summed E-state index contributed by atoms with van der Waals surface area (Å²) in [7, 11) is 0. The number of aliphatic imine (C=N–C) groups is 1. The highest BCUT2D eigenvalue weighted by Gasteiger charge is 2.34. The van der Waals surface area contributed by atoms with Gasteiger partial charge in [-0.2, -0.15) is 0 Å². The first-order valence-electron chi connectivity index (χ1n) is 7.99. The summed E-state index contributed by atoms with van der Waals surface area (Å²) >= 11 is 0. The molecule has 4 heterocycles. The van der Waals surface area contributed by atoms with E-state index in [1.165, 1.54) is 0 Å². The quantitative estimate of drug-likeness (QED) is 0.701. The van der Waals surface area contributed by atoms with Gasteiger partial charge in [-0.3, -0.25) is 14.8 Å². The Hall–Kier alpha value is -3.72. The normalized spacial score (nSPS) is 12.4. The molecule has 3 aromatic heterocycles. The van der Waals surface area contributed by atoms with Crippen LogP contribution in [0.1, 0.15) is 39.7 Å². The Bertz CT molecular complexity index is 1110. The standard InChI is InChI=1S/C20H14N4O2/c1-3-4-12-6-8-14(22-10-12)18-16-15(19(25)24-18)17(23-20(16)26)13-7-5-11(2)9-21-13/h5-10,23,26H,1-2H3. The van der Waals surface area contributed by atoms with Gasteiger partial charge >= 0.3 is 0 Å². The maximum absolute atomic E-state index is 12.5. The number of aromatic nitrogens is 3. The van der Waals surface area contributed by atoms with Gasteiger partial charge in [0.15, 0.2) is 5.88 Å². The molecule has 0 bridgehead atoms. The SMILES string of the molecule is CC#Cc1ccc(C2=NC(=O)c3c(-c4ccc(C)cn4)[nH]c(O)c32)nc1. The van der Waals surface area contributed by atoms with Crippen LogP contribution in [0.5, 0.6) is 5.88 Å². The first kappa shape index (κ1) is 15.8. The molecule has 1 aliphatic heterocycles. The minimum absolute atomic E-state index is 0.124. The largest absolute Gasteiger partial charge is 0.494 e. The number of aryl methyl sites for hydroxylation is 1. The molecule has 2 N–H and O–H groups in total. The van der Waals surface area contributed by atoms with Crippen molar-refractivity contribution in [2.45, 2.75) is 13.8 Å². The van der Waals surface area contributed by atoms with E-state index in [1.807, 2.05) is 13.0 Å². The van der Waals surface area contributed by atoms with Gasteiger partial charge in [-0.25, -0.2) is 4.99 Å². The molecule has 1 aliphatic rings. The van der Waals surface area contributed by atoms with E-state index in [-0.39, 0.29) is 5.88 Å². The zero-order chi connectivity index (χ0) is 18.3. The first-order chi connectivity index (χ1) is 12.6. The Morgan fingerprint density at radius 3 is 2.46 bits per heavy atom. The van der Waals surface area contributed by atoms with Crippen LogP contribution in [0, 0.1) is 18.8 Å². The number of rotatable bonds is 2. The van der Waals surface area contributed by atoms with Gasteiger partial charge in [-0.1, -0.05) is 12.0 Å². The lowest BCUT2D eigenvalue weighted by Crippen LogP contribution is -2.03. The van der Waals surface area contributed by atoms with E-state index < -0.39 is 5.91 Å². The minimum atomic E-state index is -0.428. The van der Waals surface area contributed by atoms with Gasteiger partial charge in [-0.15, -0.1) is 5.92 Å². The average molecular weight is 342 g/mol. The van der Waals surface area contributed by atoms with Gasteiger partial charge in [0.1, 0.15) is 5.71 Å². The van der Waals surface area contributed by atoms with Crippen LogP contribution in [0.15, 0.2) is 41.7 Å². The van der Waals surface area contributed by atoms with Gasteiger partial charge in [0.2, 0.25) is 0 Å². The lowest BCUT2D eigenvalue weighted by atomic mass is 10.0. The lowest BCUT2D eigenvalue weighted by molar-refractivity contribution is 0.101. The third-order valence-electron chi connectivity index (χ3n) is 4.09. The van der Waals surface area contributed by atoms with Crippen LogP contribution in [-0.2, 0) is 0 Å². The molecular formula is C20H14N4O2. The van der Waals surface area contributed by atoms with E-state index in [0.29, 0.717) is 33.9 Å². The number of fused-ring (bicyclic) bond motifs is 1. The van der Waals surface area contributed by atoms with E-state index in [0.717, 1.165) is 11.1 Å². The molecule has 0 saturated carbocycles. The van der Waals surface area contributed by atoms with E-state index in [2.05, 4.69) is 31.8 Å². The number of nitrogens with one attached hydrogen (secondary N) is 1. The molecule has 0 saturated heterocycles. The van der Waals surface area contributed by atoms with Crippen molar-refractivity contribution < 1.29 is 9.90 Å². The molecule has 0 spiro atoms. The third kappa shape index (κ3) is 2.47. The average Bonchev–Trinajstić information content (AvgIpc) is 3.16. The molecule has 1 amide bonds. The number of aromatic amines is 1. The fraction of sp³-hybridized carbons (Fsp3) is 0.100. The van der Waals surface area contributed by atoms with Gasteiger partial charge < -0.3 is 10.1 Å². The van der Waals surface area contributed by atoms with Crippen molar-refractivity contribution in [3.8, 4) is 29.1 Å². The number of nitrogens with zero attached hydrogens (tertiary/aromatic N) is 3. The fourth-order valence-electron chi connectivity index (χ4n) is 2.89. The molecule has 0 aliphatic carbocycles. The van der Waals surface area contributed by atoms with Crippen molar-refractivity contribution in [1.82, 2.24) is 15.0 Å². The Balaban J connectivity index is 1.81. The van der Waals surface area contributed by atoms with Crippen molar-refractivity contribution in [2.75, 3.05) is 0 Å². The molecule has 3 aromatic rings. The number of aromatic hydroxyl groups is 1.